The summed E-state index contributed by atoms with van der Waals surface area (Å²) < 4.78 is 38.9. The van der Waals surface area contributed by atoms with E-state index in [9.17, 15) is 22.8 Å². The Balaban J connectivity index is 1.43. The Hall–Kier alpha value is -4.80. The molecule has 0 spiro atoms. The average Bonchev–Trinajstić information content (AvgIpc) is 2.86. The SMILES string of the molecule is Cc1ccc(NC(=O)c2cccc(C(F)(F)F)c2)cc1C(=O)NC1=CN=C(Nc2cccc(N)c2)NC1. The molecule has 190 valence electrons. The monoisotopic (exact) mass is 508 g/mol. The van der Waals surface area contributed by atoms with E-state index in [1.165, 1.54) is 18.3 Å². The van der Waals surface area contributed by atoms with Crippen LogP contribution in [0.3, 0.4) is 0 Å². The van der Waals surface area contributed by atoms with Crippen LogP contribution in [-0.4, -0.2) is 24.3 Å². The molecule has 1 heterocycles. The number of alkyl halides is 3. The molecule has 0 saturated carbocycles. The number of rotatable bonds is 5. The van der Waals surface area contributed by atoms with Crippen LogP contribution in [0.2, 0.25) is 0 Å². The van der Waals surface area contributed by atoms with Gasteiger partial charge in [-0.05, 0) is 61.0 Å². The smallest absolute Gasteiger partial charge is 0.399 e. The maximum absolute atomic E-state index is 13.0. The molecule has 37 heavy (non-hydrogen) atoms. The third-order valence-electron chi connectivity index (χ3n) is 5.41. The normalized spacial score (nSPS) is 13.1. The van der Waals surface area contributed by atoms with Gasteiger partial charge in [0.05, 0.1) is 24.0 Å². The summed E-state index contributed by atoms with van der Waals surface area (Å²) in [7, 11) is 0. The van der Waals surface area contributed by atoms with E-state index in [0.717, 1.165) is 23.9 Å². The van der Waals surface area contributed by atoms with Gasteiger partial charge in [0.1, 0.15) is 0 Å². The molecule has 0 bridgehead atoms. The molecule has 4 rings (SSSR count). The second-order valence-corrected chi connectivity index (χ2v) is 8.25. The first-order valence-electron chi connectivity index (χ1n) is 11.1. The van der Waals surface area contributed by atoms with E-state index in [2.05, 4.69) is 26.3 Å². The lowest BCUT2D eigenvalue weighted by molar-refractivity contribution is -0.137. The number of hydrogen-bond acceptors (Lipinski definition) is 6. The maximum Gasteiger partial charge on any atom is 0.416 e. The lowest BCUT2D eigenvalue weighted by Crippen LogP contribution is -2.38. The number of nitrogen functional groups attached to an aromatic ring is 1. The molecule has 2 amide bonds. The minimum Gasteiger partial charge on any atom is -0.399 e. The van der Waals surface area contributed by atoms with Gasteiger partial charge in [-0.1, -0.05) is 18.2 Å². The number of hydrogen-bond donors (Lipinski definition) is 5. The van der Waals surface area contributed by atoms with Crippen molar-refractivity contribution in [1.82, 2.24) is 10.6 Å². The highest BCUT2D eigenvalue weighted by Crippen LogP contribution is 2.29. The van der Waals surface area contributed by atoms with Crippen LogP contribution in [0.1, 0.15) is 31.8 Å². The molecule has 0 atom stereocenters. The van der Waals surface area contributed by atoms with E-state index in [-0.39, 0.29) is 16.8 Å². The number of halogens is 3. The largest absolute Gasteiger partial charge is 0.416 e. The lowest BCUT2D eigenvalue weighted by Gasteiger charge is -2.18. The summed E-state index contributed by atoms with van der Waals surface area (Å²) in [6.45, 7) is 2.03. The van der Waals surface area contributed by atoms with Crippen molar-refractivity contribution >= 4 is 34.8 Å². The Kier molecular flexibility index (Phi) is 7.14. The van der Waals surface area contributed by atoms with Gasteiger partial charge < -0.3 is 27.0 Å². The van der Waals surface area contributed by atoms with Gasteiger partial charge in [-0.2, -0.15) is 13.2 Å². The van der Waals surface area contributed by atoms with E-state index < -0.39 is 23.6 Å². The predicted octanol–water partition coefficient (Wildman–Crippen LogP) is 4.49. The third kappa shape index (κ3) is 6.45. The number of nitrogens with one attached hydrogen (secondary N) is 4. The van der Waals surface area contributed by atoms with Crippen molar-refractivity contribution in [2.45, 2.75) is 13.1 Å². The zero-order valence-corrected chi connectivity index (χ0v) is 19.6. The van der Waals surface area contributed by atoms with Crippen LogP contribution in [0.15, 0.2) is 83.6 Å². The highest BCUT2D eigenvalue weighted by atomic mass is 19.4. The number of amides is 2. The van der Waals surface area contributed by atoms with Crippen LogP contribution in [0.5, 0.6) is 0 Å². The molecule has 0 aliphatic carbocycles. The van der Waals surface area contributed by atoms with Crippen molar-refractivity contribution < 1.29 is 22.8 Å². The Morgan fingerprint density at radius 1 is 0.946 bits per heavy atom. The van der Waals surface area contributed by atoms with Gasteiger partial charge in [-0.3, -0.25) is 9.59 Å². The number of nitrogens with two attached hydrogens (primary N) is 1. The van der Waals surface area contributed by atoms with E-state index in [1.54, 1.807) is 37.3 Å². The topological polar surface area (TPSA) is 121 Å². The first-order valence-corrected chi connectivity index (χ1v) is 11.1. The zero-order chi connectivity index (χ0) is 26.6. The molecule has 6 N–H and O–H groups in total. The highest BCUT2D eigenvalue weighted by molar-refractivity contribution is 6.05. The summed E-state index contributed by atoms with van der Waals surface area (Å²) in [6, 6.07) is 15.9. The van der Waals surface area contributed by atoms with Crippen LogP contribution < -0.4 is 27.0 Å². The van der Waals surface area contributed by atoms with Crippen molar-refractivity contribution in [1.29, 1.82) is 0 Å². The summed E-state index contributed by atoms with van der Waals surface area (Å²) in [6.07, 6.45) is -3.05. The molecule has 0 radical (unpaired) electrons. The third-order valence-corrected chi connectivity index (χ3v) is 5.41. The van der Waals surface area contributed by atoms with Crippen LogP contribution in [-0.2, 0) is 6.18 Å². The summed E-state index contributed by atoms with van der Waals surface area (Å²) >= 11 is 0. The van der Waals surface area contributed by atoms with Gasteiger partial charge in [0.15, 0.2) is 0 Å². The molecule has 3 aromatic rings. The van der Waals surface area contributed by atoms with E-state index >= 15 is 0 Å². The van der Waals surface area contributed by atoms with Crippen LogP contribution >= 0.6 is 0 Å². The molecule has 11 heteroatoms. The second-order valence-electron chi connectivity index (χ2n) is 8.25. The highest BCUT2D eigenvalue weighted by Gasteiger charge is 2.31. The Bertz CT molecular complexity index is 1420. The Morgan fingerprint density at radius 2 is 1.73 bits per heavy atom. The summed E-state index contributed by atoms with van der Waals surface area (Å²) in [5, 5.41) is 11.5. The summed E-state index contributed by atoms with van der Waals surface area (Å²) in [5.41, 5.74) is 7.77. The van der Waals surface area contributed by atoms with Crippen molar-refractivity contribution in [3.05, 3.63) is 101 Å². The molecule has 1 aliphatic rings. The number of aryl methyl sites for hydroxylation is 1. The van der Waals surface area contributed by atoms with Crippen molar-refractivity contribution in [3.8, 4) is 0 Å². The zero-order valence-electron chi connectivity index (χ0n) is 19.6. The van der Waals surface area contributed by atoms with E-state index in [4.69, 9.17) is 5.73 Å². The fraction of sp³-hybridized carbons (Fsp3) is 0.115. The van der Waals surface area contributed by atoms with Crippen LogP contribution in [0.25, 0.3) is 0 Å². The minimum atomic E-state index is -4.56. The molecule has 3 aromatic carbocycles. The van der Waals surface area contributed by atoms with E-state index in [1.807, 2.05) is 6.07 Å². The number of benzene rings is 3. The van der Waals surface area contributed by atoms with Crippen molar-refractivity contribution in [2.75, 3.05) is 22.9 Å². The van der Waals surface area contributed by atoms with E-state index in [0.29, 0.717) is 29.5 Å². The standard InChI is InChI=1S/C26H23F3N6O2/c1-15-8-9-20(33-23(36)16-4-2-5-17(10-16)26(27,28)29)12-22(15)24(37)34-21-13-31-25(32-14-21)35-19-7-3-6-18(30)11-19/h2-13H,14,30H2,1H3,(H,33,36)(H,34,37)(H2,31,32,35). The molecule has 8 nitrogen and oxygen atoms in total. The number of nitrogens with zero attached hydrogens (tertiary/aromatic N) is 1. The van der Waals surface area contributed by atoms with Gasteiger partial charge in [-0.15, -0.1) is 0 Å². The lowest BCUT2D eigenvalue weighted by atomic mass is 10.1. The first kappa shape index (κ1) is 25.3. The molecular formula is C26H23F3N6O2. The molecule has 0 saturated heterocycles. The van der Waals surface area contributed by atoms with Gasteiger partial charge in [0, 0.05) is 28.2 Å². The number of aliphatic imine (C=N–C) groups is 1. The molecule has 0 unspecified atom stereocenters. The van der Waals surface area contributed by atoms with Gasteiger partial charge >= 0.3 is 6.18 Å². The number of guanidine groups is 1. The van der Waals surface area contributed by atoms with Crippen LogP contribution in [0.4, 0.5) is 30.2 Å². The van der Waals surface area contributed by atoms with Crippen molar-refractivity contribution in [2.24, 2.45) is 4.99 Å². The fourth-order valence-electron chi connectivity index (χ4n) is 3.52. The summed E-state index contributed by atoms with van der Waals surface area (Å²) in [4.78, 5) is 29.7. The maximum atomic E-state index is 13.0. The van der Waals surface area contributed by atoms with Gasteiger partial charge in [0.25, 0.3) is 11.8 Å². The molecule has 0 aromatic heterocycles. The van der Waals surface area contributed by atoms with Crippen molar-refractivity contribution in [3.63, 3.8) is 0 Å². The number of carbonyl (C=O) groups is 2. The minimum absolute atomic E-state index is 0.152. The fourth-order valence-corrected chi connectivity index (χ4v) is 3.52. The molecule has 0 fully saturated rings. The summed E-state index contributed by atoms with van der Waals surface area (Å²) in [5.74, 6) is -0.669. The number of carbonyl (C=O) groups excluding carboxylic acids is 2. The quantitative estimate of drug-likeness (QED) is 0.325. The Labute approximate surface area is 210 Å². The first-order chi connectivity index (χ1) is 17.6. The van der Waals surface area contributed by atoms with Gasteiger partial charge in [0.2, 0.25) is 5.96 Å². The molecule has 1 aliphatic heterocycles. The van der Waals surface area contributed by atoms with Crippen LogP contribution in [0, 0.1) is 6.92 Å². The second kappa shape index (κ2) is 10.4. The number of anilines is 3. The molecular weight excluding hydrogens is 485 g/mol. The predicted molar refractivity (Wildman–Crippen MR) is 136 cm³/mol. The Morgan fingerprint density at radius 3 is 2.43 bits per heavy atom. The average molecular weight is 509 g/mol. The van der Waals surface area contributed by atoms with Gasteiger partial charge in [-0.25, -0.2) is 4.99 Å².